The zero-order chi connectivity index (χ0) is 16.8. The van der Waals surface area contributed by atoms with Gasteiger partial charge in [-0.05, 0) is 47.7 Å². The second kappa shape index (κ2) is 7.97. The third-order valence-electron chi connectivity index (χ3n) is 3.92. The van der Waals surface area contributed by atoms with Crippen LogP contribution in [0.3, 0.4) is 0 Å². The van der Waals surface area contributed by atoms with Gasteiger partial charge in [0.15, 0.2) is 0 Å². The van der Waals surface area contributed by atoms with E-state index >= 15 is 0 Å². The molecule has 4 heteroatoms. The van der Waals surface area contributed by atoms with Crippen molar-refractivity contribution in [3.8, 4) is 5.75 Å². The second-order valence-electron chi connectivity index (χ2n) is 6.17. The lowest BCUT2D eigenvalue weighted by atomic mass is 10.0. The summed E-state index contributed by atoms with van der Waals surface area (Å²) in [4.78, 5) is 12.2. The van der Waals surface area contributed by atoms with Gasteiger partial charge in [0.1, 0.15) is 5.75 Å². The number of fused-ring (bicyclic) bond motifs is 1. The number of benzene rings is 2. The number of rotatable bonds is 7. The Morgan fingerprint density at radius 1 is 1.26 bits per heavy atom. The number of aliphatic hydroxyl groups is 1. The van der Waals surface area contributed by atoms with Crippen molar-refractivity contribution >= 4 is 16.7 Å². The molecule has 0 saturated heterocycles. The molecule has 0 aromatic heterocycles. The first-order chi connectivity index (χ1) is 11.0. The molecule has 0 heterocycles. The molecule has 0 radical (unpaired) electrons. The molecular weight excluding hydrogens is 290 g/mol. The molecule has 2 rings (SSSR count). The van der Waals surface area contributed by atoms with E-state index in [9.17, 15) is 9.90 Å². The molecule has 0 aliphatic heterocycles. The maximum absolute atomic E-state index is 12.2. The Morgan fingerprint density at radius 3 is 2.74 bits per heavy atom. The van der Waals surface area contributed by atoms with Gasteiger partial charge in [-0.25, -0.2) is 0 Å². The van der Waals surface area contributed by atoms with Crippen LogP contribution in [0.15, 0.2) is 36.4 Å². The van der Waals surface area contributed by atoms with Crippen molar-refractivity contribution in [2.24, 2.45) is 5.92 Å². The van der Waals surface area contributed by atoms with E-state index in [-0.39, 0.29) is 17.9 Å². The number of carbonyl (C=O) groups is 1. The van der Waals surface area contributed by atoms with Gasteiger partial charge in [-0.15, -0.1) is 0 Å². The van der Waals surface area contributed by atoms with Gasteiger partial charge in [-0.2, -0.15) is 0 Å². The van der Waals surface area contributed by atoms with E-state index in [2.05, 4.69) is 5.32 Å². The third-order valence-corrected chi connectivity index (χ3v) is 3.92. The Balaban J connectivity index is 2.04. The lowest BCUT2D eigenvalue weighted by Gasteiger charge is -2.14. The first kappa shape index (κ1) is 17.3. The van der Waals surface area contributed by atoms with E-state index in [1.165, 1.54) is 0 Å². The lowest BCUT2D eigenvalue weighted by molar-refractivity contribution is -0.120. The number of carbonyl (C=O) groups excluding carboxylic acids is 1. The number of amides is 1. The molecule has 0 bridgehead atoms. The van der Waals surface area contributed by atoms with Crippen molar-refractivity contribution in [3.63, 3.8) is 0 Å². The van der Waals surface area contributed by atoms with Gasteiger partial charge >= 0.3 is 0 Å². The maximum Gasteiger partial charge on any atom is 0.224 e. The number of aliphatic hydroxyl groups excluding tert-OH is 1. The van der Waals surface area contributed by atoms with Crippen molar-refractivity contribution in [2.45, 2.75) is 32.8 Å². The fourth-order valence-corrected chi connectivity index (χ4v) is 2.79. The van der Waals surface area contributed by atoms with E-state index in [0.717, 1.165) is 22.1 Å². The molecule has 0 fully saturated rings. The average Bonchev–Trinajstić information content (AvgIpc) is 2.52. The fourth-order valence-electron chi connectivity index (χ4n) is 2.79. The van der Waals surface area contributed by atoms with Crippen molar-refractivity contribution in [3.05, 3.63) is 42.0 Å². The Bertz CT molecular complexity index is 667. The molecular formula is C19H25NO3. The summed E-state index contributed by atoms with van der Waals surface area (Å²) in [7, 11) is 1.64. The minimum atomic E-state index is -0.340. The molecule has 4 nitrogen and oxygen atoms in total. The Morgan fingerprint density at radius 2 is 2.04 bits per heavy atom. The van der Waals surface area contributed by atoms with Crippen LogP contribution >= 0.6 is 0 Å². The molecule has 0 spiro atoms. The van der Waals surface area contributed by atoms with Crippen LogP contribution < -0.4 is 10.1 Å². The lowest BCUT2D eigenvalue weighted by Crippen LogP contribution is -2.30. The number of nitrogens with one attached hydrogen (secondary N) is 1. The van der Waals surface area contributed by atoms with Crippen LogP contribution in [0.25, 0.3) is 10.8 Å². The number of ether oxygens (including phenoxy) is 1. The van der Waals surface area contributed by atoms with E-state index in [1.54, 1.807) is 14.0 Å². The van der Waals surface area contributed by atoms with E-state index in [0.29, 0.717) is 19.4 Å². The van der Waals surface area contributed by atoms with Crippen LogP contribution in [0, 0.1) is 5.92 Å². The highest BCUT2D eigenvalue weighted by Crippen LogP contribution is 2.24. The van der Waals surface area contributed by atoms with E-state index in [4.69, 9.17) is 4.74 Å². The summed E-state index contributed by atoms with van der Waals surface area (Å²) in [6, 6.07) is 11.9. The predicted molar refractivity (Wildman–Crippen MR) is 92.7 cm³/mol. The van der Waals surface area contributed by atoms with Crippen molar-refractivity contribution < 1.29 is 14.6 Å². The van der Waals surface area contributed by atoms with Gasteiger partial charge in [0.25, 0.3) is 0 Å². The number of hydrogen-bond donors (Lipinski definition) is 2. The minimum absolute atomic E-state index is 0.00207. The second-order valence-corrected chi connectivity index (χ2v) is 6.17. The largest absolute Gasteiger partial charge is 0.497 e. The monoisotopic (exact) mass is 315 g/mol. The van der Waals surface area contributed by atoms with Crippen LogP contribution in [-0.2, 0) is 11.2 Å². The zero-order valence-electron chi connectivity index (χ0n) is 14.0. The molecule has 2 unspecified atom stereocenters. The highest BCUT2D eigenvalue weighted by atomic mass is 16.5. The highest BCUT2D eigenvalue weighted by molar-refractivity contribution is 5.91. The molecule has 124 valence electrons. The van der Waals surface area contributed by atoms with Crippen LogP contribution in [0.2, 0.25) is 0 Å². The topological polar surface area (TPSA) is 58.6 Å². The van der Waals surface area contributed by atoms with Crippen LogP contribution in [0.5, 0.6) is 5.75 Å². The summed E-state index contributed by atoms with van der Waals surface area (Å²) in [5.74, 6) is 1.04. The van der Waals surface area contributed by atoms with Gasteiger partial charge in [0.2, 0.25) is 5.91 Å². The Kier molecular flexibility index (Phi) is 5.99. The zero-order valence-corrected chi connectivity index (χ0v) is 14.0. The van der Waals surface area contributed by atoms with E-state index in [1.807, 2.05) is 43.3 Å². The van der Waals surface area contributed by atoms with Crippen LogP contribution in [0.1, 0.15) is 25.8 Å². The minimum Gasteiger partial charge on any atom is -0.497 e. The summed E-state index contributed by atoms with van der Waals surface area (Å²) in [5.41, 5.74) is 0.988. The van der Waals surface area contributed by atoms with E-state index < -0.39 is 0 Å². The molecule has 2 N–H and O–H groups in total. The van der Waals surface area contributed by atoms with Gasteiger partial charge in [0, 0.05) is 6.54 Å². The molecule has 0 aliphatic carbocycles. The van der Waals surface area contributed by atoms with Gasteiger partial charge in [-0.1, -0.05) is 31.2 Å². The normalized spacial score (nSPS) is 13.6. The highest BCUT2D eigenvalue weighted by Gasteiger charge is 2.10. The molecule has 0 aliphatic rings. The summed E-state index contributed by atoms with van der Waals surface area (Å²) < 4.78 is 5.27. The van der Waals surface area contributed by atoms with Gasteiger partial charge < -0.3 is 15.2 Å². The molecule has 23 heavy (non-hydrogen) atoms. The SMILES string of the molecule is COc1ccc2cccc(CC(=O)NCC(C)CC(C)O)c2c1. The van der Waals surface area contributed by atoms with Gasteiger partial charge in [0.05, 0.1) is 19.6 Å². The average molecular weight is 315 g/mol. The summed E-state index contributed by atoms with van der Waals surface area (Å²) in [5, 5.41) is 14.5. The first-order valence-corrected chi connectivity index (χ1v) is 8.00. The van der Waals surface area contributed by atoms with Gasteiger partial charge in [-0.3, -0.25) is 4.79 Å². The van der Waals surface area contributed by atoms with Crippen LogP contribution in [-0.4, -0.2) is 30.8 Å². The number of methoxy groups -OCH3 is 1. The van der Waals surface area contributed by atoms with Crippen molar-refractivity contribution in [2.75, 3.05) is 13.7 Å². The van der Waals surface area contributed by atoms with Crippen molar-refractivity contribution in [1.82, 2.24) is 5.32 Å². The molecule has 0 saturated carbocycles. The third kappa shape index (κ3) is 4.96. The quantitative estimate of drug-likeness (QED) is 0.826. The standard InChI is InChI=1S/C19H25NO3/c1-13(9-14(2)21)12-20-19(22)10-16-6-4-5-15-7-8-17(23-3)11-18(15)16/h4-8,11,13-14,21H,9-10,12H2,1-3H3,(H,20,22). The first-order valence-electron chi connectivity index (χ1n) is 8.00. The molecule has 2 aromatic rings. The Hall–Kier alpha value is -2.07. The predicted octanol–water partition coefficient (Wildman–Crippen LogP) is 2.91. The summed E-state index contributed by atoms with van der Waals surface area (Å²) >= 11 is 0. The maximum atomic E-state index is 12.2. The number of hydrogen-bond acceptors (Lipinski definition) is 3. The fraction of sp³-hybridized carbons (Fsp3) is 0.421. The summed E-state index contributed by atoms with van der Waals surface area (Å²) in [6.45, 7) is 4.37. The molecule has 2 atom stereocenters. The molecule has 2 aromatic carbocycles. The van der Waals surface area contributed by atoms with Crippen LogP contribution in [0.4, 0.5) is 0 Å². The molecule has 1 amide bonds. The van der Waals surface area contributed by atoms with Crippen molar-refractivity contribution in [1.29, 1.82) is 0 Å². The smallest absolute Gasteiger partial charge is 0.224 e. The Labute approximate surface area is 137 Å². The summed E-state index contributed by atoms with van der Waals surface area (Å²) in [6.07, 6.45) is 0.685.